The van der Waals surface area contributed by atoms with Gasteiger partial charge in [0, 0.05) is 0 Å². The quantitative estimate of drug-likeness (QED) is 0.431. The monoisotopic (exact) mass is 242 g/mol. The van der Waals surface area contributed by atoms with Crippen LogP contribution in [0.15, 0.2) is 0 Å². The molecule has 1 atom stereocenters. The maximum Gasteiger partial charge on any atom is 0.509 e. The summed E-state index contributed by atoms with van der Waals surface area (Å²) in [4.78, 5) is 11.0. The Kier molecular flexibility index (Phi) is 6.90. The molecule has 4 heteroatoms. The van der Waals surface area contributed by atoms with Gasteiger partial charge in [0.15, 0.2) is 6.10 Å². The van der Waals surface area contributed by atoms with E-state index in [9.17, 15) is 4.79 Å². The Morgan fingerprint density at radius 1 is 1.38 bits per heavy atom. The number of carbonyl (C=O) groups excluding carboxylic acids is 1. The minimum atomic E-state index is -1.41. The molecule has 0 spiro atoms. The molecule has 3 nitrogen and oxygen atoms in total. The molecule has 0 radical (unpaired) electrons. The molecule has 0 aliphatic heterocycles. The van der Waals surface area contributed by atoms with Gasteiger partial charge in [-0.1, -0.05) is 38.9 Å². The van der Waals surface area contributed by atoms with Crippen molar-refractivity contribution in [2.75, 3.05) is 7.11 Å². The number of rotatable bonds is 4. The van der Waals surface area contributed by atoms with Crippen molar-refractivity contribution in [3.05, 3.63) is 0 Å². The number of unbranched alkanes of at least 4 members (excludes halogenated alkanes) is 1. The van der Waals surface area contributed by atoms with Crippen LogP contribution in [0.4, 0.5) is 4.79 Å². The molecule has 16 heavy (non-hydrogen) atoms. The summed E-state index contributed by atoms with van der Waals surface area (Å²) in [6, 6.07) is 0. The van der Waals surface area contributed by atoms with Crippen LogP contribution in [0.1, 0.15) is 26.2 Å². The fourth-order valence-electron chi connectivity index (χ4n) is 1.01. The summed E-state index contributed by atoms with van der Waals surface area (Å²) >= 11 is 0. The Balaban J connectivity index is 4.40. The zero-order valence-electron chi connectivity index (χ0n) is 10.9. The summed E-state index contributed by atoms with van der Waals surface area (Å²) in [5.41, 5.74) is 3.22. The van der Waals surface area contributed by atoms with E-state index in [-0.39, 0.29) is 6.10 Å². The fourth-order valence-corrected chi connectivity index (χ4v) is 1.61. The summed E-state index contributed by atoms with van der Waals surface area (Å²) in [7, 11) is -0.103. The molecule has 0 aromatic rings. The molecule has 0 saturated carbocycles. The van der Waals surface area contributed by atoms with E-state index in [0.29, 0.717) is 0 Å². The summed E-state index contributed by atoms with van der Waals surface area (Å²) in [5, 5.41) is 0. The van der Waals surface area contributed by atoms with Crippen molar-refractivity contribution >= 4 is 14.2 Å². The molecule has 0 N–H and O–H groups in total. The summed E-state index contributed by atoms with van der Waals surface area (Å²) in [5.74, 6) is 3.05. The first kappa shape index (κ1) is 15.0. The van der Waals surface area contributed by atoms with E-state index in [1.165, 1.54) is 7.11 Å². The standard InChI is InChI=1S/C12H22O3Si/c1-6-7-8-11(15-12(13)14-2)9-10-16(3,4)5/h11H,6-8H2,1-5H3/t11-/m1/s1. The molecule has 0 fully saturated rings. The Labute approximate surface area is 99.5 Å². The first-order valence-corrected chi connectivity index (χ1v) is 9.16. The zero-order chi connectivity index (χ0) is 12.6. The van der Waals surface area contributed by atoms with Crippen LogP contribution in [0, 0.1) is 11.5 Å². The van der Waals surface area contributed by atoms with Gasteiger partial charge in [0.25, 0.3) is 0 Å². The van der Waals surface area contributed by atoms with Crippen LogP contribution in [0.3, 0.4) is 0 Å². The topological polar surface area (TPSA) is 35.5 Å². The summed E-state index contributed by atoms with van der Waals surface area (Å²) in [6.45, 7) is 8.58. The highest BCUT2D eigenvalue weighted by Crippen LogP contribution is 2.06. The van der Waals surface area contributed by atoms with Gasteiger partial charge >= 0.3 is 6.16 Å². The molecule has 0 bridgehead atoms. The van der Waals surface area contributed by atoms with Crippen molar-refractivity contribution < 1.29 is 14.3 Å². The van der Waals surface area contributed by atoms with E-state index in [0.717, 1.165) is 19.3 Å². The molecule has 0 unspecified atom stereocenters. The first-order chi connectivity index (χ1) is 7.39. The van der Waals surface area contributed by atoms with Gasteiger partial charge in [-0.25, -0.2) is 4.79 Å². The maximum absolute atomic E-state index is 11.0. The lowest BCUT2D eigenvalue weighted by Gasteiger charge is -2.12. The van der Waals surface area contributed by atoms with Crippen molar-refractivity contribution in [2.45, 2.75) is 51.9 Å². The lowest BCUT2D eigenvalue weighted by molar-refractivity contribution is 0.0523. The molecule has 0 amide bonds. The molecule has 0 heterocycles. The third-order valence-corrected chi connectivity index (χ3v) is 2.73. The molecule has 0 saturated heterocycles. The van der Waals surface area contributed by atoms with Gasteiger partial charge in [0.05, 0.1) is 7.11 Å². The van der Waals surface area contributed by atoms with Crippen LogP contribution in [-0.2, 0) is 9.47 Å². The highest BCUT2D eigenvalue weighted by atomic mass is 28.3. The number of methoxy groups -OCH3 is 1. The Hall–Kier alpha value is -0.953. The van der Waals surface area contributed by atoms with Gasteiger partial charge in [-0.05, 0) is 12.8 Å². The van der Waals surface area contributed by atoms with Crippen LogP contribution in [0.2, 0.25) is 19.6 Å². The second-order valence-electron chi connectivity index (χ2n) is 4.72. The van der Waals surface area contributed by atoms with Crippen molar-refractivity contribution in [3.8, 4) is 11.5 Å². The lowest BCUT2D eigenvalue weighted by atomic mass is 10.2. The van der Waals surface area contributed by atoms with Gasteiger partial charge in [0.1, 0.15) is 8.07 Å². The third-order valence-electron chi connectivity index (χ3n) is 1.83. The van der Waals surface area contributed by atoms with E-state index >= 15 is 0 Å². The molecule has 0 aliphatic rings. The fraction of sp³-hybridized carbons (Fsp3) is 0.750. The second-order valence-corrected chi connectivity index (χ2v) is 9.47. The summed E-state index contributed by atoms with van der Waals surface area (Å²) < 4.78 is 9.56. The molecule has 0 rings (SSSR count). The third kappa shape index (κ3) is 8.36. The number of hydrogen-bond acceptors (Lipinski definition) is 3. The van der Waals surface area contributed by atoms with Crippen LogP contribution >= 0.6 is 0 Å². The van der Waals surface area contributed by atoms with Crippen molar-refractivity contribution in [1.29, 1.82) is 0 Å². The minimum Gasteiger partial charge on any atom is -0.438 e. The average molecular weight is 242 g/mol. The second kappa shape index (κ2) is 7.34. The van der Waals surface area contributed by atoms with Gasteiger partial charge in [-0.15, -0.1) is 5.54 Å². The van der Waals surface area contributed by atoms with Gasteiger partial charge in [0.2, 0.25) is 0 Å². The van der Waals surface area contributed by atoms with Gasteiger partial charge in [-0.3, -0.25) is 0 Å². The molecule has 0 aromatic carbocycles. The normalized spacial score (nSPS) is 12.3. The minimum absolute atomic E-state index is 0.320. The highest BCUT2D eigenvalue weighted by Gasteiger charge is 2.13. The molecular weight excluding hydrogens is 220 g/mol. The lowest BCUT2D eigenvalue weighted by Crippen LogP contribution is -2.20. The van der Waals surface area contributed by atoms with Gasteiger partial charge in [-0.2, -0.15) is 0 Å². The van der Waals surface area contributed by atoms with Crippen LogP contribution in [-0.4, -0.2) is 27.4 Å². The zero-order valence-corrected chi connectivity index (χ0v) is 11.9. The van der Waals surface area contributed by atoms with Crippen LogP contribution in [0.5, 0.6) is 0 Å². The number of hydrogen-bond donors (Lipinski definition) is 0. The van der Waals surface area contributed by atoms with E-state index in [4.69, 9.17) is 4.74 Å². The highest BCUT2D eigenvalue weighted by molar-refractivity contribution is 6.83. The SMILES string of the molecule is CCCC[C@H](C#C[Si](C)(C)C)OC(=O)OC. The molecule has 0 aromatic heterocycles. The van der Waals surface area contributed by atoms with E-state index in [1.54, 1.807) is 0 Å². The Morgan fingerprint density at radius 2 is 2.00 bits per heavy atom. The Bertz CT molecular complexity index is 270. The van der Waals surface area contributed by atoms with Crippen LogP contribution < -0.4 is 0 Å². The molecular formula is C12H22O3Si. The maximum atomic E-state index is 11.0. The van der Waals surface area contributed by atoms with E-state index < -0.39 is 14.2 Å². The number of ether oxygens (including phenoxy) is 2. The largest absolute Gasteiger partial charge is 0.509 e. The molecule has 0 aliphatic carbocycles. The smallest absolute Gasteiger partial charge is 0.438 e. The number of carbonyl (C=O) groups is 1. The van der Waals surface area contributed by atoms with Crippen molar-refractivity contribution in [2.24, 2.45) is 0 Å². The summed E-state index contributed by atoms with van der Waals surface area (Å²) in [6.07, 6.45) is 1.88. The van der Waals surface area contributed by atoms with Crippen molar-refractivity contribution in [3.63, 3.8) is 0 Å². The van der Waals surface area contributed by atoms with E-state index in [1.807, 2.05) is 0 Å². The van der Waals surface area contributed by atoms with Crippen LogP contribution in [0.25, 0.3) is 0 Å². The predicted molar refractivity (Wildman–Crippen MR) is 67.9 cm³/mol. The van der Waals surface area contributed by atoms with Gasteiger partial charge < -0.3 is 9.47 Å². The predicted octanol–water partition coefficient (Wildman–Crippen LogP) is 3.21. The Morgan fingerprint density at radius 3 is 2.44 bits per heavy atom. The molecule has 92 valence electrons. The van der Waals surface area contributed by atoms with E-state index in [2.05, 4.69) is 42.8 Å². The average Bonchev–Trinajstić information content (AvgIpc) is 2.20. The van der Waals surface area contributed by atoms with Crippen molar-refractivity contribution in [1.82, 2.24) is 0 Å². The first-order valence-electron chi connectivity index (χ1n) is 5.66.